The van der Waals surface area contributed by atoms with Crippen molar-refractivity contribution in [2.24, 2.45) is 5.92 Å². The summed E-state index contributed by atoms with van der Waals surface area (Å²) in [6.07, 6.45) is 15.5. The highest BCUT2D eigenvalue weighted by Crippen LogP contribution is 2.37. The fourth-order valence-electron chi connectivity index (χ4n) is 5.56. The third-order valence-electron chi connectivity index (χ3n) is 7.85. The predicted octanol–water partition coefficient (Wildman–Crippen LogP) is 8.69. The van der Waals surface area contributed by atoms with Gasteiger partial charge in [0.1, 0.15) is 0 Å². The zero-order valence-corrected chi connectivity index (χ0v) is 21.1. The third kappa shape index (κ3) is 7.49. The molecule has 1 aliphatic carbocycles. The summed E-state index contributed by atoms with van der Waals surface area (Å²) >= 11 is 0. The van der Waals surface area contributed by atoms with Gasteiger partial charge in [-0.15, -0.1) is 0 Å². The second-order valence-electron chi connectivity index (χ2n) is 10.5. The summed E-state index contributed by atoms with van der Waals surface area (Å²) in [5.74, 6) is 1.60. The normalized spacial score (nSPS) is 18.1. The van der Waals surface area contributed by atoms with Crippen molar-refractivity contribution in [2.45, 2.75) is 89.9 Å². The number of unbranched alkanes of at least 4 members (excludes halogenated alkanes) is 3. The molecule has 0 radical (unpaired) electrons. The highest BCUT2D eigenvalue weighted by atomic mass is 14.5. The fraction of sp³-hybridized carbons (Fsp3) is 0.455. The van der Waals surface area contributed by atoms with Gasteiger partial charge in [0.05, 0.1) is 0 Å². The van der Waals surface area contributed by atoms with E-state index in [0.29, 0.717) is 0 Å². The third-order valence-corrected chi connectivity index (χ3v) is 7.85. The molecule has 1 saturated carbocycles. The van der Waals surface area contributed by atoms with E-state index in [-0.39, 0.29) is 0 Å². The summed E-state index contributed by atoms with van der Waals surface area (Å²) in [4.78, 5) is 0. The van der Waals surface area contributed by atoms with Crippen LogP contribution >= 0.6 is 0 Å². The quantitative estimate of drug-likeness (QED) is 0.228. The number of nitrogen functional groups attached to an aromatic ring is 1. The van der Waals surface area contributed by atoms with Gasteiger partial charge in [0, 0.05) is 5.69 Å². The molecule has 0 aromatic heterocycles. The van der Waals surface area contributed by atoms with E-state index in [0.717, 1.165) is 30.4 Å². The highest BCUT2D eigenvalue weighted by molar-refractivity contribution is 5.39. The largest absolute Gasteiger partial charge is 0.399 e. The van der Waals surface area contributed by atoms with E-state index in [9.17, 15) is 0 Å². The lowest BCUT2D eigenvalue weighted by Gasteiger charge is -2.29. The molecule has 1 heteroatoms. The van der Waals surface area contributed by atoms with Gasteiger partial charge in [0.2, 0.25) is 0 Å². The van der Waals surface area contributed by atoms with Crippen LogP contribution in [0.4, 0.5) is 5.69 Å². The van der Waals surface area contributed by atoms with Crippen molar-refractivity contribution >= 4 is 5.69 Å². The molecular weight excluding hydrogens is 410 g/mol. The molecule has 180 valence electrons. The number of aryl methyl sites for hydroxylation is 3. The van der Waals surface area contributed by atoms with Crippen LogP contribution in [0.25, 0.3) is 0 Å². The number of rotatable bonds is 11. The van der Waals surface area contributed by atoms with E-state index in [2.05, 4.69) is 67.6 Å². The van der Waals surface area contributed by atoms with Gasteiger partial charge in [-0.2, -0.15) is 0 Å². The average molecular weight is 454 g/mol. The van der Waals surface area contributed by atoms with Gasteiger partial charge in [-0.1, -0.05) is 86.8 Å². The molecule has 34 heavy (non-hydrogen) atoms. The summed E-state index contributed by atoms with van der Waals surface area (Å²) < 4.78 is 0. The molecule has 0 saturated heterocycles. The van der Waals surface area contributed by atoms with Crippen molar-refractivity contribution in [1.82, 2.24) is 0 Å². The molecule has 0 bridgehead atoms. The van der Waals surface area contributed by atoms with Crippen LogP contribution in [0, 0.1) is 5.92 Å². The molecule has 1 fully saturated rings. The molecule has 3 aromatic rings. The van der Waals surface area contributed by atoms with Crippen LogP contribution < -0.4 is 5.73 Å². The molecule has 0 aliphatic heterocycles. The molecule has 0 spiro atoms. The van der Waals surface area contributed by atoms with Gasteiger partial charge in [-0.05, 0) is 110 Å². The molecule has 0 heterocycles. The minimum absolute atomic E-state index is 0.743. The van der Waals surface area contributed by atoms with Crippen molar-refractivity contribution in [3.8, 4) is 0 Å². The van der Waals surface area contributed by atoms with Gasteiger partial charge in [-0.3, -0.25) is 0 Å². The Hall–Kier alpha value is -2.54. The lowest BCUT2D eigenvalue weighted by Crippen LogP contribution is -2.15. The maximum atomic E-state index is 5.80. The number of hydrogen-bond acceptors (Lipinski definition) is 1. The molecule has 0 amide bonds. The second kappa shape index (κ2) is 12.8. The molecular formula is C33H43N. The van der Waals surface area contributed by atoms with Crippen molar-refractivity contribution < 1.29 is 0 Å². The smallest absolute Gasteiger partial charge is 0.0314 e. The minimum atomic E-state index is 0.743. The Morgan fingerprint density at radius 2 is 1.12 bits per heavy atom. The Balaban J connectivity index is 1.19. The monoisotopic (exact) mass is 453 g/mol. The molecule has 0 atom stereocenters. The van der Waals surface area contributed by atoms with Crippen LogP contribution in [0.2, 0.25) is 0 Å². The van der Waals surface area contributed by atoms with E-state index < -0.39 is 0 Å². The molecule has 4 rings (SSSR count). The lowest BCUT2D eigenvalue weighted by atomic mass is 9.76. The predicted molar refractivity (Wildman–Crippen MR) is 147 cm³/mol. The van der Waals surface area contributed by atoms with Crippen LogP contribution in [0.1, 0.15) is 92.0 Å². The summed E-state index contributed by atoms with van der Waals surface area (Å²) in [6, 6.07) is 27.3. The molecule has 3 aromatic carbocycles. The maximum absolute atomic E-state index is 5.80. The lowest BCUT2D eigenvalue weighted by molar-refractivity contribution is 0.324. The Labute approximate surface area is 207 Å². The van der Waals surface area contributed by atoms with Crippen molar-refractivity contribution in [3.63, 3.8) is 0 Å². The molecule has 1 nitrogen and oxygen atoms in total. The summed E-state index contributed by atoms with van der Waals surface area (Å²) in [5.41, 5.74) is 14.0. The summed E-state index contributed by atoms with van der Waals surface area (Å²) in [5, 5.41) is 0. The van der Waals surface area contributed by atoms with Crippen molar-refractivity contribution in [1.29, 1.82) is 0 Å². The SMILES string of the molecule is CCCCCCc1ccc(CC2CCC(c3ccc(CCc4ccc(N)cc4)cc3)CC2)cc1. The zero-order chi connectivity index (χ0) is 23.6. The summed E-state index contributed by atoms with van der Waals surface area (Å²) in [6.45, 7) is 2.28. The maximum Gasteiger partial charge on any atom is 0.0314 e. The number of anilines is 1. The number of benzene rings is 3. The fourth-order valence-corrected chi connectivity index (χ4v) is 5.56. The first kappa shape index (κ1) is 24.6. The van der Waals surface area contributed by atoms with Crippen LogP contribution in [0.3, 0.4) is 0 Å². The van der Waals surface area contributed by atoms with E-state index >= 15 is 0 Å². The van der Waals surface area contributed by atoms with E-state index in [1.807, 2.05) is 12.1 Å². The van der Waals surface area contributed by atoms with Gasteiger partial charge < -0.3 is 5.73 Å². The van der Waals surface area contributed by atoms with Crippen LogP contribution in [-0.4, -0.2) is 0 Å². The standard InChI is InChI=1S/C33H43N/c1-2-3-4-5-6-26-9-11-29(12-10-26)25-30-15-21-32(22-16-30)31-19-13-27(14-20-31)7-8-28-17-23-33(34)24-18-28/h9-14,17-20,23-24,30,32H,2-8,15-16,21-22,25,34H2,1H3. The first-order chi connectivity index (χ1) is 16.7. The molecule has 0 unspecified atom stereocenters. The van der Waals surface area contributed by atoms with Crippen LogP contribution in [0.5, 0.6) is 0 Å². The van der Waals surface area contributed by atoms with Gasteiger partial charge in [0.25, 0.3) is 0 Å². The first-order valence-corrected chi connectivity index (χ1v) is 13.7. The van der Waals surface area contributed by atoms with Crippen molar-refractivity contribution in [2.75, 3.05) is 5.73 Å². The molecule has 1 aliphatic rings. The van der Waals surface area contributed by atoms with Crippen molar-refractivity contribution in [3.05, 3.63) is 101 Å². The Morgan fingerprint density at radius 1 is 0.588 bits per heavy atom. The Morgan fingerprint density at radius 3 is 1.74 bits per heavy atom. The van der Waals surface area contributed by atoms with Gasteiger partial charge in [0.15, 0.2) is 0 Å². The summed E-state index contributed by atoms with van der Waals surface area (Å²) in [7, 11) is 0. The molecule has 2 N–H and O–H groups in total. The zero-order valence-electron chi connectivity index (χ0n) is 21.1. The Bertz CT molecular complexity index is 961. The van der Waals surface area contributed by atoms with Crippen LogP contribution in [-0.2, 0) is 25.7 Å². The Kier molecular flexibility index (Phi) is 9.25. The van der Waals surface area contributed by atoms with Gasteiger partial charge >= 0.3 is 0 Å². The average Bonchev–Trinajstić information content (AvgIpc) is 2.88. The first-order valence-electron chi connectivity index (χ1n) is 13.7. The van der Waals surface area contributed by atoms with Crippen LogP contribution in [0.15, 0.2) is 72.8 Å². The topological polar surface area (TPSA) is 26.0 Å². The highest BCUT2D eigenvalue weighted by Gasteiger charge is 2.22. The minimum Gasteiger partial charge on any atom is -0.399 e. The van der Waals surface area contributed by atoms with E-state index in [1.54, 1.807) is 5.56 Å². The van der Waals surface area contributed by atoms with E-state index in [4.69, 9.17) is 5.73 Å². The number of nitrogens with two attached hydrogens (primary N) is 1. The second-order valence-corrected chi connectivity index (χ2v) is 10.5. The van der Waals surface area contributed by atoms with E-state index in [1.165, 1.54) is 86.5 Å². The van der Waals surface area contributed by atoms with Gasteiger partial charge in [-0.25, -0.2) is 0 Å². The number of hydrogen-bond donors (Lipinski definition) is 1.